The first-order valence-corrected chi connectivity index (χ1v) is 5.38. The van der Waals surface area contributed by atoms with Gasteiger partial charge in [0.15, 0.2) is 0 Å². The van der Waals surface area contributed by atoms with Gasteiger partial charge in [0.2, 0.25) is 0 Å². The average Bonchev–Trinajstić information content (AvgIpc) is 2.21. The van der Waals surface area contributed by atoms with Gasteiger partial charge in [-0.3, -0.25) is 4.79 Å². The number of alkyl halides is 3. The van der Waals surface area contributed by atoms with Crippen LogP contribution in [0.2, 0.25) is 0 Å². The molecule has 0 aliphatic rings. The van der Waals surface area contributed by atoms with Crippen LogP contribution in [0.4, 0.5) is 18.0 Å². The quantitative estimate of drug-likeness (QED) is 0.826. The zero-order valence-electron chi connectivity index (χ0n) is 10.5. The van der Waals surface area contributed by atoms with Gasteiger partial charge in [0.05, 0.1) is 5.92 Å². The molecule has 0 radical (unpaired) electrons. The summed E-state index contributed by atoms with van der Waals surface area (Å²) in [5, 5.41) is 8.70. The van der Waals surface area contributed by atoms with E-state index in [1.807, 2.05) is 0 Å². The number of carboxylic acids is 1. The largest absolute Gasteiger partial charge is 0.481 e. The van der Waals surface area contributed by atoms with E-state index >= 15 is 0 Å². The van der Waals surface area contributed by atoms with E-state index in [0.717, 1.165) is 11.9 Å². The molecule has 0 aromatic heterocycles. The predicted molar refractivity (Wildman–Crippen MR) is 58.1 cm³/mol. The van der Waals surface area contributed by atoms with Crippen molar-refractivity contribution in [1.82, 2.24) is 9.80 Å². The third kappa shape index (κ3) is 5.74. The van der Waals surface area contributed by atoms with E-state index in [1.54, 1.807) is 6.92 Å². The van der Waals surface area contributed by atoms with E-state index in [0.29, 0.717) is 4.90 Å². The van der Waals surface area contributed by atoms with Gasteiger partial charge in [-0.1, -0.05) is 6.92 Å². The van der Waals surface area contributed by atoms with Crippen LogP contribution in [-0.2, 0) is 4.79 Å². The van der Waals surface area contributed by atoms with Crippen LogP contribution in [0.25, 0.3) is 0 Å². The van der Waals surface area contributed by atoms with Crippen LogP contribution in [0.1, 0.15) is 13.8 Å². The van der Waals surface area contributed by atoms with E-state index in [-0.39, 0.29) is 13.1 Å². The maximum atomic E-state index is 12.1. The van der Waals surface area contributed by atoms with Gasteiger partial charge in [0, 0.05) is 20.1 Å². The first kappa shape index (κ1) is 16.5. The Morgan fingerprint density at radius 2 is 1.83 bits per heavy atom. The molecule has 5 nitrogen and oxygen atoms in total. The standard InChI is InChI=1S/C10H17F3N2O3/c1-4-15(5-7(2)8(16)17)9(18)14(3)6-10(11,12)13/h7H,4-6H2,1-3H3,(H,16,17). The fourth-order valence-corrected chi connectivity index (χ4v) is 1.33. The highest BCUT2D eigenvalue weighted by molar-refractivity contribution is 5.76. The topological polar surface area (TPSA) is 60.9 Å². The highest BCUT2D eigenvalue weighted by Gasteiger charge is 2.33. The van der Waals surface area contributed by atoms with Crippen molar-refractivity contribution in [2.45, 2.75) is 20.0 Å². The zero-order chi connectivity index (χ0) is 14.5. The number of carbonyl (C=O) groups is 2. The summed E-state index contributed by atoms with van der Waals surface area (Å²) in [7, 11) is 1.03. The van der Waals surface area contributed by atoms with Gasteiger partial charge in [-0.25, -0.2) is 4.79 Å². The summed E-state index contributed by atoms with van der Waals surface area (Å²) in [6.45, 7) is 1.64. The van der Waals surface area contributed by atoms with Crippen LogP contribution in [0, 0.1) is 5.92 Å². The van der Waals surface area contributed by atoms with Crippen LogP contribution in [-0.4, -0.2) is 59.8 Å². The maximum absolute atomic E-state index is 12.1. The van der Waals surface area contributed by atoms with E-state index in [9.17, 15) is 22.8 Å². The normalized spacial score (nSPS) is 13.0. The minimum Gasteiger partial charge on any atom is -0.481 e. The van der Waals surface area contributed by atoms with Crippen molar-refractivity contribution < 1.29 is 27.9 Å². The number of hydrogen-bond donors (Lipinski definition) is 1. The molecule has 8 heteroatoms. The Labute approximate surface area is 103 Å². The lowest BCUT2D eigenvalue weighted by molar-refractivity contribution is -0.143. The van der Waals surface area contributed by atoms with Gasteiger partial charge < -0.3 is 14.9 Å². The summed E-state index contributed by atoms with van der Waals surface area (Å²) < 4.78 is 36.4. The molecule has 1 unspecified atom stereocenters. The number of carbonyl (C=O) groups excluding carboxylic acids is 1. The van der Waals surface area contributed by atoms with Crippen molar-refractivity contribution >= 4 is 12.0 Å². The second kappa shape index (κ2) is 6.46. The zero-order valence-corrected chi connectivity index (χ0v) is 10.5. The smallest absolute Gasteiger partial charge is 0.406 e. The fraction of sp³-hybridized carbons (Fsp3) is 0.800. The minimum atomic E-state index is -4.47. The molecule has 1 N–H and O–H groups in total. The molecule has 1 atom stereocenters. The Hall–Kier alpha value is -1.47. The fourth-order valence-electron chi connectivity index (χ4n) is 1.33. The lowest BCUT2D eigenvalue weighted by atomic mass is 10.2. The van der Waals surface area contributed by atoms with Gasteiger partial charge in [-0.05, 0) is 6.92 Å². The van der Waals surface area contributed by atoms with Crippen molar-refractivity contribution in [1.29, 1.82) is 0 Å². The molecule has 0 rings (SSSR count). The molecular weight excluding hydrogens is 253 g/mol. The summed E-state index contributed by atoms with van der Waals surface area (Å²) in [5.41, 5.74) is 0. The number of carboxylic acid groups (broad SMARTS) is 1. The van der Waals surface area contributed by atoms with Gasteiger partial charge in [-0.15, -0.1) is 0 Å². The van der Waals surface area contributed by atoms with Crippen molar-refractivity contribution in [3.8, 4) is 0 Å². The monoisotopic (exact) mass is 270 g/mol. The lowest BCUT2D eigenvalue weighted by Crippen LogP contribution is -2.46. The summed E-state index contributed by atoms with van der Waals surface area (Å²) in [4.78, 5) is 23.9. The van der Waals surface area contributed by atoms with Crippen LogP contribution < -0.4 is 0 Å². The molecule has 106 valence electrons. The Balaban J connectivity index is 4.56. The Morgan fingerprint density at radius 1 is 1.33 bits per heavy atom. The van der Waals surface area contributed by atoms with E-state index in [1.165, 1.54) is 6.92 Å². The van der Waals surface area contributed by atoms with Crippen LogP contribution >= 0.6 is 0 Å². The average molecular weight is 270 g/mol. The lowest BCUT2D eigenvalue weighted by Gasteiger charge is -2.28. The van der Waals surface area contributed by atoms with Gasteiger partial charge in [0.25, 0.3) is 0 Å². The van der Waals surface area contributed by atoms with Crippen LogP contribution in [0.15, 0.2) is 0 Å². The SMILES string of the molecule is CCN(CC(C)C(=O)O)C(=O)N(C)CC(F)(F)F. The number of aliphatic carboxylic acids is 1. The number of urea groups is 1. The molecule has 0 bridgehead atoms. The number of amides is 2. The Morgan fingerprint density at radius 3 is 2.17 bits per heavy atom. The number of hydrogen-bond acceptors (Lipinski definition) is 2. The summed E-state index contributed by atoms with van der Waals surface area (Å²) >= 11 is 0. The highest BCUT2D eigenvalue weighted by Crippen LogP contribution is 2.16. The minimum absolute atomic E-state index is 0.118. The first-order valence-electron chi connectivity index (χ1n) is 5.38. The molecule has 0 aromatic rings. The molecule has 0 spiro atoms. The van der Waals surface area contributed by atoms with E-state index in [2.05, 4.69) is 0 Å². The second-order valence-electron chi connectivity index (χ2n) is 4.03. The van der Waals surface area contributed by atoms with Crippen LogP contribution in [0.5, 0.6) is 0 Å². The van der Waals surface area contributed by atoms with Crippen molar-refractivity contribution in [3.05, 3.63) is 0 Å². The third-order valence-corrected chi connectivity index (χ3v) is 2.31. The second-order valence-corrected chi connectivity index (χ2v) is 4.03. The van der Waals surface area contributed by atoms with Gasteiger partial charge in [-0.2, -0.15) is 13.2 Å². The molecule has 0 aromatic carbocycles. The molecule has 0 fully saturated rings. The maximum Gasteiger partial charge on any atom is 0.406 e. The van der Waals surface area contributed by atoms with E-state index < -0.39 is 30.6 Å². The van der Waals surface area contributed by atoms with Crippen molar-refractivity contribution in [2.24, 2.45) is 5.92 Å². The molecule has 0 aliphatic heterocycles. The molecule has 18 heavy (non-hydrogen) atoms. The molecule has 0 saturated heterocycles. The molecule has 2 amide bonds. The number of rotatable bonds is 5. The highest BCUT2D eigenvalue weighted by atomic mass is 19.4. The van der Waals surface area contributed by atoms with Crippen LogP contribution in [0.3, 0.4) is 0 Å². The molecular formula is C10H17F3N2O3. The summed E-state index contributed by atoms with van der Waals surface area (Å²) in [6.07, 6.45) is -4.47. The summed E-state index contributed by atoms with van der Waals surface area (Å²) in [5.74, 6) is -1.92. The Bertz CT molecular complexity index is 307. The molecule has 0 aliphatic carbocycles. The Kier molecular flexibility index (Phi) is 5.93. The van der Waals surface area contributed by atoms with Crippen molar-refractivity contribution in [3.63, 3.8) is 0 Å². The third-order valence-electron chi connectivity index (χ3n) is 2.31. The summed E-state index contributed by atoms with van der Waals surface area (Å²) in [6, 6.07) is -0.831. The van der Waals surface area contributed by atoms with Gasteiger partial charge >= 0.3 is 18.2 Å². The molecule has 0 heterocycles. The molecule has 0 saturated carbocycles. The predicted octanol–water partition coefficient (Wildman–Crippen LogP) is 1.64. The van der Waals surface area contributed by atoms with E-state index in [4.69, 9.17) is 5.11 Å². The number of halogens is 3. The number of nitrogens with zero attached hydrogens (tertiary/aromatic N) is 2. The van der Waals surface area contributed by atoms with Crippen molar-refractivity contribution in [2.75, 3.05) is 26.7 Å². The van der Waals surface area contributed by atoms with Gasteiger partial charge in [0.1, 0.15) is 6.54 Å². The first-order chi connectivity index (χ1) is 8.08.